The molecule has 0 radical (unpaired) electrons. The van der Waals surface area contributed by atoms with Crippen LogP contribution in [0.25, 0.3) is 0 Å². The monoisotopic (exact) mass is 252 g/mol. The molecule has 0 aromatic carbocycles. The second-order valence-electron chi connectivity index (χ2n) is 5.53. The van der Waals surface area contributed by atoms with Gasteiger partial charge in [-0.25, -0.2) is 0 Å². The Hall–Kier alpha value is -1.06. The summed E-state index contributed by atoms with van der Waals surface area (Å²) >= 11 is 0. The second-order valence-corrected chi connectivity index (χ2v) is 5.53. The molecule has 18 heavy (non-hydrogen) atoms. The zero-order chi connectivity index (χ0) is 12.8. The van der Waals surface area contributed by atoms with E-state index in [1.807, 2.05) is 0 Å². The average Bonchev–Trinajstić information content (AvgIpc) is 2.61. The van der Waals surface area contributed by atoms with Crippen molar-refractivity contribution in [3.05, 3.63) is 0 Å². The predicted octanol–water partition coefficient (Wildman–Crippen LogP) is 1.84. The molecule has 1 aliphatic heterocycles. The van der Waals surface area contributed by atoms with Gasteiger partial charge in [-0.1, -0.05) is 25.7 Å². The van der Waals surface area contributed by atoms with Gasteiger partial charge in [0.05, 0.1) is 6.54 Å². The lowest BCUT2D eigenvalue weighted by molar-refractivity contribution is -0.138. The van der Waals surface area contributed by atoms with Gasteiger partial charge in [0, 0.05) is 19.0 Å². The Bertz CT molecular complexity index is 296. The normalized spacial score (nSPS) is 22.7. The van der Waals surface area contributed by atoms with E-state index in [4.69, 9.17) is 0 Å². The van der Waals surface area contributed by atoms with Crippen LogP contribution in [0.3, 0.4) is 0 Å². The number of hydrogen-bond donors (Lipinski definition) is 1. The maximum atomic E-state index is 11.9. The molecular weight excluding hydrogens is 228 g/mol. The average molecular weight is 252 g/mol. The van der Waals surface area contributed by atoms with Crippen molar-refractivity contribution in [2.24, 2.45) is 0 Å². The van der Waals surface area contributed by atoms with Crippen LogP contribution in [-0.2, 0) is 9.59 Å². The maximum absolute atomic E-state index is 11.9. The summed E-state index contributed by atoms with van der Waals surface area (Å²) in [5.74, 6) is 0.161. The van der Waals surface area contributed by atoms with Crippen LogP contribution in [0.4, 0.5) is 0 Å². The van der Waals surface area contributed by atoms with E-state index in [0.29, 0.717) is 12.5 Å². The molecule has 0 atom stereocenters. The number of rotatable bonds is 3. The highest BCUT2D eigenvalue weighted by atomic mass is 16.2. The van der Waals surface area contributed by atoms with E-state index in [1.54, 1.807) is 4.90 Å². The molecule has 0 aromatic rings. The van der Waals surface area contributed by atoms with Crippen molar-refractivity contribution in [2.45, 2.75) is 63.8 Å². The molecule has 2 amide bonds. The molecule has 4 nitrogen and oxygen atoms in total. The Morgan fingerprint density at radius 1 is 1.11 bits per heavy atom. The highest BCUT2D eigenvalue weighted by molar-refractivity contribution is 5.85. The standard InChI is InChI=1S/C14H24N2O2/c17-13(11-16-10-6-5-9-14(16)18)15-12-7-3-1-2-4-8-12/h12H,1-11H2,(H,15,17). The topological polar surface area (TPSA) is 49.4 Å². The minimum absolute atomic E-state index is 0.0251. The van der Waals surface area contributed by atoms with Crippen LogP contribution in [0.5, 0.6) is 0 Å². The van der Waals surface area contributed by atoms with E-state index in [0.717, 1.165) is 32.2 Å². The number of nitrogens with zero attached hydrogens (tertiary/aromatic N) is 1. The minimum atomic E-state index is 0.0251. The van der Waals surface area contributed by atoms with Crippen molar-refractivity contribution in [1.29, 1.82) is 0 Å². The first-order valence-corrected chi connectivity index (χ1v) is 7.33. The van der Waals surface area contributed by atoms with Crippen molar-refractivity contribution in [2.75, 3.05) is 13.1 Å². The molecule has 0 spiro atoms. The van der Waals surface area contributed by atoms with E-state index in [2.05, 4.69) is 5.32 Å². The molecule has 2 fully saturated rings. The smallest absolute Gasteiger partial charge is 0.239 e. The number of hydrogen-bond acceptors (Lipinski definition) is 2. The van der Waals surface area contributed by atoms with E-state index < -0.39 is 0 Å². The van der Waals surface area contributed by atoms with Crippen LogP contribution in [0.15, 0.2) is 0 Å². The van der Waals surface area contributed by atoms with Crippen LogP contribution in [0.2, 0.25) is 0 Å². The fourth-order valence-corrected chi connectivity index (χ4v) is 2.90. The zero-order valence-electron chi connectivity index (χ0n) is 11.1. The third kappa shape index (κ3) is 4.00. The van der Waals surface area contributed by atoms with Crippen LogP contribution >= 0.6 is 0 Å². The quantitative estimate of drug-likeness (QED) is 0.779. The number of likely N-dealkylation sites (tertiary alicyclic amines) is 1. The van der Waals surface area contributed by atoms with Gasteiger partial charge < -0.3 is 10.2 Å². The van der Waals surface area contributed by atoms with Gasteiger partial charge in [-0.2, -0.15) is 0 Å². The lowest BCUT2D eigenvalue weighted by Crippen LogP contribution is -2.45. The Morgan fingerprint density at radius 2 is 1.83 bits per heavy atom. The summed E-state index contributed by atoms with van der Waals surface area (Å²) in [6.45, 7) is 1.01. The second kappa shape index (κ2) is 6.76. The first-order chi connectivity index (χ1) is 8.75. The van der Waals surface area contributed by atoms with E-state index in [-0.39, 0.29) is 18.4 Å². The van der Waals surface area contributed by atoms with Crippen molar-refractivity contribution in [1.82, 2.24) is 10.2 Å². The van der Waals surface area contributed by atoms with Gasteiger partial charge in [0.25, 0.3) is 0 Å². The largest absolute Gasteiger partial charge is 0.352 e. The van der Waals surface area contributed by atoms with Crippen molar-refractivity contribution in [3.63, 3.8) is 0 Å². The zero-order valence-corrected chi connectivity index (χ0v) is 11.1. The molecule has 102 valence electrons. The highest BCUT2D eigenvalue weighted by Gasteiger charge is 2.22. The summed E-state index contributed by atoms with van der Waals surface area (Å²) in [6.07, 6.45) is 9.81. The first kappa shape index (κ1) is 13.4. The Balaban J connectivity index is 1.75. The molecule has 2 rings (SSSR count). The lowest BCUT2D eigenvalue weighted by atomic mass is 10.1. The molecule has 1 heterocycles. The molecule has 4 heteroatoms. The van der Waals surface area contributed by atoms with Crippen LogP contribution < -0.4 is 5.32 Å². The van der Waals surface area contributed by atoms with Crippen molar-refractivity contribution >= 4 is 11.8 Å². The Labute approximate surface area is 109 Å². The SMILES string of the molecule is O=C(CN1CCCCC1=O)NC1CCCCCC1. The number of piperidine rings is 1. The molecule has 2 aliphatic rings. The van der Waals surface area contributed by atoms with Crippen molar-refractivity contribution < 1.29 is 9.59 Å². The predicted molar refractivity (Wildman–Crippen MR) is 70.1 cm³/mol. The Morgan fingerprint density at radius 3 is 2.50 bits per heavy atom. The number of carbonyl (C=O) groups is 2. The summed E-state index contributed by atoms with van der Waals surface area (Å²) in [5.41, 5.74) is 0. The summed E-state index contributed by atoms with van der Waals surface area (Å²) in [7, 11) is 0. The third-order valence-electron chi connectivity index (χ3n) is 3.98. The van der Waals surface area contributed by atoms with E-state index in [1.165, 1.54) is 25.7 Å². The van der Waals surface area contributed by atoms with E-state index >= 15 is 0 Å². The molecule has 1 N–H and O–H groups in total. The van der Waals surface area contributed by atoms with Gasteiger partial charge in [0.2, 0.25) is 11.8 Å². The lowest BCUT2D eigenvalue weighted by Gasteiger charge is -2.27. The van der Waals surface area contributed by atoms with Gasteiger partial charge >= 0.3 is 0 Å². The number of nitrogens with one attached hydrogen (secondary N) is 1. The molecule has 0 bridgehead atoms. The van der Waals surface area contributed by atoms with Gasteiger partial charge in [-0.05, 0) is 25.7 Å². The van der Waals surface area contributed by atoms with Crippen LogP contribution in [-0.4, -0.2) is 35.8 Å². The fraction of sp³-hybridized carbons (Fsp3) is 0.857. The summed E-state index contributed by atoms with van der Waals surface area (Å²) in [4.78, 5) is 25.3. The molecule has 0 unspecified atom stereocenters. The maximum Gasteiger partial charge on any atom is 0.239 e. The van der Waals surface area contributed by atoms with Gasteiger partial charge in [0.1, 0.15) is 0 Å². The van der Waals surface area contributed by atoms with E-state index in [9.17, 15) is 9.59 Å². The first-order valence-electron chi connectivity index (χ1n) is 7.33. The molecule has 1 saturated heterocycles. The van der Waals surface area contributed by atoms with Crippen LogP contribution in [0.1, 0.15) is 57.8 Å². The minimum Gasteiger partial charge on any atom is -0.352 e. The summed E-state index contributed by atoms with van der Waals surface area (Å²) < 4.78 is 0. The number of amides is 2. The molecule has 1 aliphatic carbocycles. The molecule has 0 aromatic heterocycles. The third-order valence-corrected chi connectivity index (χ3v) is 3.98. The van der Waals surface area contributed by atoms with Gasteiger partial charge in [-0.15, -0.1) is 0 Å². The summed E-state index contributed by atoms with van der Waals surface area (Å²) in [5, 5.41) is 3.09. The Kier molecular flexibility index (Phi) is 5.02. The fourth-order valence-electron chi connectivity index (χ4n) is 2.90. The molecular formula is C14H24N2O2. The summed E-state index contributed by atoms with van der Waals surface area (Å²) in [6, 6.07) is 0.333. The number of carbonyl (C=O) groups excluding carboxylic acids is 2. The van der Waals surface area contributed by atoms with Gasteiger partial charge in [0.15, 0.2) is 0 Å². The van der Waals surface area contributed by atoms with Crippen LogP contribution in [0, 0.1) is 0 Å². The van der Waals surface area contributed by atoms with Crippen molar-refractivity contribution in [3.8, 4) is 0 Å². The molecule has 1 saturated carbocycles. The highest BCUT2D eigenvalue weighted by Crippen LogP contribution is 2.17. The van der Waals surface area contributed by atoms with Gasteiger partial charge in [-0.3, -0.25) is 9.59 Å².